The molecule has 0 unspecified atom stereocenters. The molecule has 3 rings (SSSR count). The molecule has 124 valence electrons. The van der Waals surface area contributed by atoms with E-state index < -0.39 is 12.4 Å². The largest absolute Gasteiger partial charge is 0.392 e. The van der Waals surface area contributed by atoms with Gasteiger partial charge in [0.2, 0.25) is 0 Å². The second kappa shape index (κ2) is 6.05. The number of carbonyl (C=O) groups excluding carboxylic acids is 1. The highest BCUT2D eigenvalue weighted by Gasteiger charge is 2.17. The number of benzene rings is 2. The normalized spacial score (nSPS) is 11.0. The lowest BCUT2D eigenvalue weighted by atomic mass is 9.96. The number of carbonyl (C=O) groups is 1. The Bertz CT molecular complexity index is 931. The van der Waals surface area contributed by atoms with Crippen molar-refractivity contribution in [3.05, 3.63) is 53.1 Å². The van der Waals surface area contributed by atoms with Gasteiger partial charge in [-0.15, -0.1) is 0 Å². The van der Waals surface area contributed by atoms with Crippen molar-refractivity contribution in [1.29, 1.82) is 0 Å². The molecule has 0 aliphatic heterocycles. The minimum Gasteiger partial charge on any atom is -0.392 e. The van der Waals surface area contributed by atoms with Gasteiger partial charge < -0.3 is 15.0 Å². The third kappa shape index (κ3) is 2.76. The van der Waals surface area contributed by atoms with Gasteiger partial charge in [0, 0.05) is 25.2 Å². The number of aromatic amines is 1. The van der Waals surface area contributed by atoms with E-state index >= 15 is 0 Å². The summed E-state index contributed by atoms with van der Waals surface area (Å²) in [7, 11) is 3.22. The maximum atomic E-state index is 14.4. The van der Waals surface area contributed by atoms with Gasteiger partial charge >= 0.3 is 0 Å². The summed E-state index contributed by atoms with van der Waals surface area (Å²) in [5, 5.41) is 9.56. The van der Waals surface area contributed by atoms with E-state index in [-0.39, 0.29) is 17.0 Å². The van der Waals surface area contributed by atoms with Crippen LogP contribution in [0.25, 0.3) is 22.2 Å². The number of H-pyrrole nitrogens is 1. The van der Waals surface area contributed by atoms with Crippen LogP contribution < -0.4 is 0 Å². The number of halogens is 1. The average molecular weight is 327 g/mol. The highest BCUT2D eigenvalue weighted by molar-refractivity contribution is 5.96. The van der Waals surface area contributed by atoms with Crippen LogP contribution in [0, 0.1) is 12.7 Å². The number of hydrogen-bond donors (Lipinski definition) is 2. The molecular weight excluding hydrogens is 309 g/mol. The maximum absolute atomic E-state index is 14.4. The molecule has 0 aliphatic rings. The first kappa shape index (κ1) is 16.1. The Morgan fingerprint density at radius 2 is 2.04 bits per heavy atom. The first-order chi connectivity index (χ1) is 11.4. The lowest BCUT2D eigenvalue weighted by molar-refractivity contribution is 0.0827. The Kier molecular flexibility index (Phi) is 4.07. The number of nitrogens with one attached hydrogen (secondary N) is 1. The number of aromatic nitrogens is 2. The third-order valence-electron chi connectivity index (χ3n) is 3.92. The summed E-state index contributed by atoms with van der Waals surface area (Å²) >= 11 is 0. The number of nitrogens with zero attached hydrogens (tertiary/aromatic N) is 2. The summed E-state index contributed by atoms with van der Waals surface area (Å²) in [5.74, 6) is -0.109. The molecule has 0 atom stereocenters. The number of amides is 1. The van der Waals surface area contributed by atoms with Crippen LogP contribution in [0.15, 0.2) is 30.3 Å². The quantitative estimate of drug-likeness (QED) is 0.777. The van der Waals surface area contributed by atoms with Gasteiger partial charge in [0.15, 0.2) is 0 Å². The fourth-order valence-electron chi connectivity index (χ4n) is 2.74. The second-order valence-electron chi connectivity index (χ2n) is 5.90. The molecule has 3 aromatic rings. The zero-order valence-corrected chi connectivity index (χ0v) is 13.7. The number of fused-ring (bicyclic) bond motifs is 1. The molecule has 0 spiro atoms. The van der Waals surface area contributed by atoms with E-state index in [0.717, 1.165) is 22.9 Å². The van der Waals surface area contributed by atoms with Crippen molar-refractivity contribution < 1.29 is 14.3 Å². The van der Waals surface area contributed by atoms with Crippen LogP contribution in [0.3, 0.4) is 0 Å². The molecule has 2 aromatic carbocycles. The van der Waals surface area contributed by atoms with E-state index in [1.54, 1.807) is 20.2 Å². The first-order valence-corrected chi connectivity index (χ1v) is 7.52. The maximum Gasteiger partial charge on any atom is 0.253 e. The van der Waals surface area contributed by atoms with Crippen LogP contribution in [0.4, 0.5) is 4.39 Å². The molecule has 0 fully saturated rings. The average Bonchev–Trinajstić information content (AvgIpc) is 2.92. The minimum absolute atomic E-state index is 0.164. The summed E-state index contributed by atoms with van der Waals surface area (Å²) in [5.41, 5.74) is 3.22. The topological polar surface area (TPSA) is 69.2 Å². The van der Waals surface area contributed by atoms with Crippen molar-refractivity contribution in [2.45, 2.75) is 13.5 Å². The summed E-state index contributed by atoms with van der Waals surface area (Å²) in [6.45, 7) is 1.41. The third-order valence-corrected chi connectivity index (χ3v) is 3.92. The predicted octanol–water partition coefficient (Wildman–Crippen LogP) is 2.87. The molecule has 1 heterocycles. The van der Waals surface area contributed by atoms with Gasteiger partial charge in [-0.05, 0) is 42.3 Å². The van der Waals surface area contributed by atoms with E-state index in [1.165, 1.54) is 4.90 Å². The zero-order valence-electron chi connectivity index (χ0n) is 13.7. The highest BCUT2D eigenvalue weighted by atomic mass is 19.1. The van der Waals surface area contributed by atoms with Crippen molar-refractivity contribution in [3.63, 3.8) is 0 Å². The molecule has 1 amide bonds. The molecule has 2 N–H and O–H groups in total. The van der Waals surface area contributed by atoms with Gasteiger partial charge in [-0.25, -0.2) is 9.37 Å². The number of aryl methyl sites for hydroxylation is 1. The number of aliphatic hydroxyl groups is 1. The highest BCUT2D eigenvalue weighted by Crippen LogP contribution is 2.30. The summed E-state index contributed by atoms with van der Waals surface area (Å²) in [4.78, 5) is 21.1. The van der Waals surface area contributed by atoms with E-state index in [4.69, 9.17) is 0 Å². The van der Waals surface area contributed by atoms with Gasteiger partial charge in [0.05, 0.1) is 17.6 Å². The molecule has 6 heteroatoms. The molecule has 5 nitrogen and oxygen atoms in total. The summed E-state index contributed by atoms with van der Waals surface area (Å²) in [6, 6.07) is 8.25. The Hall–Kier alpha value is -2.73. The van der Waals surface area contributed by atoms with Crippen molar-refractivity contribution in [3.8, 4) is 11.1 Å². The van der Waals surface area contributed by atoms with E-state index in [1.807, 2.05) is 25.1 Å². The Morgan fingerprint density at radius 3 is 2.71 bits per heavy atom. The Labute approximate surface area is 138 Å². The van der Waals surface area contributed by atoms with Crippen molar-refractivity contribution >= 4 is 16.9 Å². The van der Waals surface area contributed by atoms with Crippen LogP contribution in [-0.4, -0.2) is 40.0 Å². The van der Waals surface area contributed by atoms with E-state index in [2.05, 4.69) is 9.97 Å². The van der Waals surface area contributed by atoms with Crippen molar-refractivity contribution in [2.24, 2.45) is 0 Å². The summed E-state index contributed by atoms with van der Waals surface area (Å²) in [6.07, 6.45) is 0. The number of imidazole rings is 1. The van der Waals surface area contributed by atoms with Crippen LogP contribution in [0.2, 0.25) is 0 Å². The van der Waals surface area contributed by atoms with Crippen LogP contribution in [0.5, 0.6) is 0 Å². The van der Waals surface area contributed by atoms with Gasteiger partial charge in [-0.2, -0.15) is 0 Å². The molecule has 0 bridgehead atoms. The molecular formula is C18H18FN3O2. The van der Waals surface area contributed by atoms with Crippen LogP contribution in [0.1, 0.15) is 21.7 Å². The molecule has 24 heavy (non-hydrogen) atoms. The second-order valence-corrected chi connectivity index (χ2v) is 5.90. The number of hydrogen-bond acceptors (Lipinski definition) is 3. The smallest absolute Gasteiger partial charge is 0.253 e. The fraction of sp³-hybridized carbons (Fsp3) is 0.222. The molecule has 0 saturated carbocycles. The van der Waals surface area contributed by atoms with Crippen LogP contribution >= 0.6 is 0 Å². The predicted molar refractivity (Wildman–Crippen MR) is 90.2 cm³/mol. The molecule has 0 aliphatic carbocycles. The molecule has 0 radical (unpaired) electrons. The zero-order chi connectivity index (χ0) is 17.4. The molecule has 0 saturated heterocycles. The SMILES string of the molecule is Cc1nc2cc(-c3cc(C(=O)N(C)C)cc(F)c3CO)ccc2[nH]1. The van der Waals surface area contributed by atoms with E-state index in [0.29, 0.717) is 11.1 Å². The standard InChI is InChI=1S/C18H18FN3O2/c1-10-20-16-5-4-11(8-17(16)21-10)13-6-12(18(24)22(2)3)7-15(19)14(13)9-23/h4-8,23H,9H2,1-3H3,(H,20,21). The number of aliphatic hydroxyl groups excluding tert-OH is 1. The lowest BCUT2D eigenvalue weighted by Gasteiger charge is -2.15. The monoisotopic (exact) mass is 327 g/mol. The van der Waals surface area contributed by atoms with E-state index in [9.17, 15) is 14.3 Å². The van der Waals surface area contributed by atoms with Gasteiger partial charge in [-0.1, -0.05) is 6.07 Å². The van der Waals surface area contributed by atoms with Gasteiger partial charge in [0.1, 0.15) is 11.6 Å². The first-order valence-electron chi connectivity index (χ1n) is 7.52. The van der Waals surface area contributed by atoms with Crippen molar-refractivity contribution in [2.75, 3.05) is 14.1 Å². The Morgan fingerprint density at radius 1 is 1.29 bits per heavy atom. The van der Waals surface area contributed by atoms with Crippen molar-refractivity contribution in [1.82, 2.24) is 14.9 Å². The number of rotatable bonds is 3. The van der Waals surface area contributed by atoms with Gasteiger partial charge in [0.25, 0.3) is 5.91 Å². The molecule has 1 aromatic heterocycles. The van der Waals surface area contributed by atoms with Gasteiger partial charge in [-0.3, -0.25) is 4.79 Å². The fourth-order valence-corrected chi connectivity index (χ4v) is 2.74. The summed E-state index contributed by atoms with van der Waals surface area (Å²) < 4.78 is 14.4. The lowest BCUT2D eigenvalue weighted by Crippen LogP contribution is -2.22. The minimum atomic E-state index is -0.599. The Balaban J connectivity index is 2.21. The van der Waals surface area contributed by atoms with Crippen LogP contribution in [-0.2, 0) is 6.61 Å².